The van der Waals surface area contributed by atoms with Crippen LogP contribution in [0.4, 0.5) is 10.1 Å². The molecule has 0 aliphatic heterocycles. The molecule has 1 aliphatic carbocycles. The van der Waals surface area contributed by atoms with Crippen LogP contribution in [-0.2, 0) is 24.1 Å². The number of methoxy groups -OCH3 is 1. The quantitative estimate of drug-likeness (QED) is 0.757. The summed E-state index contributed by atoms with van der Waals surface area (Å²) in [6.07, 6.45) is 3.88. The van der Waals surface area contributed by atoms with Gasteiger partial charge in [0.1, 0.15) is 5.82 Å². The van der Waals surface area contributed by atoms with Gasteiger partial charge in [0.05, 0.1) is 18.8 Å². The van der Waals surface area contributed by atoms with E-state index >= 15 is 0 Å². The zero-order valence-corrected chi connectivity index (χ0v) is 14.0. The second-order valence-corrected chi connectivity index (χ2v) is 6.23. The molecule has 0 radical (unpaired) electrons. The van der Waals surface area contributed by atoms with E-state index in [0.717, 1.165) is 24.1 Å². The van der Waals surface area contributed by atoms with Crippen molar-refractivity contribution in [3.63, 3.8) is 0 Å². The molecule has 1 N–H and O–H groups in total. The smallest absolute Gasteiger partial charge is 0.214 e. The lowest BCUT2D eigenvalue weighted by Gasteiger charge is -2.06. The topological polar surface area (TPSA) is 47.3 Å². The number of benzene rings is 2. The molecule has 1 heterocycles. The first kappa shape index (κ1) is 15.8. The maximum Gasteiger partial charge on any atom is 0.214 e. The van der Waals surface area contributed by atoms with Crippen molar-refractivity contribution in [2.24, 2.45) is 0 Å². The predicted molar refractivity (Wildman–Crippen MR) is 93.9 cm³/mol. The Morgan fingerprint density at radius 2 is 1.96 bits per heavy atom. The van der Waals surface area contributed by atoms with E-state index in [2.05, 4.69) is 28.5 Å². The number of anilines is 1. The number of oxazole rings is 1. The van der Waals surface area contributed by atoms with Gasteiger partial charge in [0.25, 0.3) is 0 Å². The van der Waals surface area contributed by atoms with Crippen LogP contribution in [0.5, 0.6) is 0 Å². The van der Waals surface area contributed by atoms with E-state index in [0.29, 0.717) is 18.2 Å². The highest BCUT2D eigenvalue weighted by Crippen LogP contribution is 2.27. The minimum Gasteiger partial charge on any atom is -0.439 e. The Morgan fingerprint density at radius 1 is 1.16 bits per heavy atom. The summed E-state index contributed by atoms with van der Waals surface area (Å²) in [5, 5.41) is 3.34. The van der Waals surface area contributed by atoms with E-state index in [1.807, 2.05) is 0 Å². The summed E-state index contributed by atoms with van der Waals surface area (Å²) in [6, 6.07) is 12.6. The average Bonchev–Trinajstić information content (AvgIpc) is 3.26. The Balaban J connectivity index is 1.42. The van der Waals surface area contributed by atoms with Gasteiger partial charge in [0.15, 0.2) is 5.76 Å². The van der Waals surface area contributed by atoms with Crippen LogP contribution in [-0.4, -0.2) is 18.2 Å². The van der Waals surface area contributed by atoms with Gasteiger partial charge in [-0.2, -0.15) is 0 Å². The van der Waals surface area contributed by atoms with Crippen LogP contribution >= 0.6 is 0 Å². The van der Waals surface area contributed by atoms with Crippen molar-refractivity contribution < 1.29 is 13.5 Å². The first-order valence-electron chi connectivity index (χ1n) is 8.30. The highest BCUT2D eigenvalue weighted by molar-refractivity contribution is 5.56. The molecule has 0 saturated heterocycles. The monoisotopic (exact) mass is 338 g/mol. The van der Waals surface area contributed by atoms with Crippen LogP contribution in [0.2, 0.25) is 0 Å². The molecule has 3 aromatic rings. The summed E-state index contributed by atoms with van der Waals surface area (Å²) in [5.74, 6) is 0.959. The van der Waals surface area contributed by atoms with Gasteiger partial charge in [-0.3, -0.25) is 0 Å². The van der Waals surface area contributed by atoms with Crippen LogP contribution in [0, 0.1) is 5.82 Å². The summed E-state index contributed by atoms with van der Waals surface area (Å²) in [6.45, 7) is 0.494. The highest BCUT2D eigenvalue weighted by Gasteiger charge is 2.21. The van der Waals surface area contributed by atoms with E-state index in [9.17, 15) is 4.39 Å². The maximum atomic E-state index is 13.0. The molecule has 0 saturated carbocycles. The summed E-state index contributed by atoms with van der Waals surface area (Å²) >= 11 is 0. The fourth-order valence-corrected chi connectivity index (χ4v) is 3.17. The highest BCUT2D eigenvalue weighted by atomic mass is 19.1. The van der Waals surface area contributed by atoms with Gasteiger partial charge in [-0.05, 0) is 60.4 Å². The summed E-state index contributed by atoms with van der Waals surface area (Å²) in [7, 11) is 1.76. The van der Waals surface area contributed by atoms with E-state index in [1.165, 1.54) is 23.3 Å². The molecule has 5 heteroatoms. The molecule has 1 unspecified atom stereocenters. The molecular formula is C20H19FN2O2. The summed E-state index contributed by atoms with van der Waals surface area (Å²) in [4.78, 5) is 4.28. The number of fused-ring (bicyclic) bond motifs is 1. The van der Waals surface area contributed by atoms with Gasteiger partial charge in [-0.25, -0.2) is 9.37 Å². The molecule has 0 amide bonds. The first-order chi connectivity index (χ1) is 12.2. The lowest BCUT2D eigenvalue weighted by atomic mass is 10.1. The Hall–Kier alpha value is -2.66. The van der Waals surface area contributed by atoms with E-state index < -0.39 is 0 Å². The Kier molecular flexibility index (Phi) is 4.24. The number of hydrogen-bond acceptors (Lipinski definition) is 4. The Bertz CT molecular complexity index is 874. The molecule has 4 nitrogen and oxygen atoms in total. The molecule has 0 fully saturated rings. The first-order valence-corrected chi connectivity index (χ1v) is 8.30. The van der Waals surface area contributed by atoms with Crippen molar-refractivity contribution in [3.8, 4) is 11.3 Å². The average molecular weight is 338 g/mol. The maximum absolute atomic E-state index is 13.0. The lowest BCUT2D eigenvalue weighted by Crippen LogP contribution is -2.08. The fourth-order valence-electron chi connectivity index (χ4n) is 3.17. The minimum atomic E-state index is -0.266. The zero-order chi connectivity index (χ0) is 17.2. The molecule has 128 valence electrons. The Morgan fingerprint density at radius 3 is 2.76 bits per heavy atom. The van der Waals surface area contributed by atoms with Crippen LogP contribution in [0.25, 0.3) is 11.3 Å². The number of ether oxygens (including phenoxy) is 1. The van der Waals surface area contributed by atoms with E-state index in [4.69, 9.17) is 9.15 Å². The van der Waals surface area contributed by atoms with Crippen molar-refractivity contribution in [2.45, 2.75) is 25.5 Å². The van der Waals surface area contributed by atoms with Gasteiger partial charge in [0, 0.05) is 18.4 Å². The number of halogens is 1. The van der Waals surface area contributed by atoms with Gasteiger partial charge >= 0.3 is 0 Å². The van der Waals surface area contributed by atoms with Crippen LogP contribution in [0.1, 0.15) is 17.0 Å². The molecule has 1 aromatic heterocycles. The third kappa shape index (κ3) is 3.42. The van der Waals surface area contributed by atoms with Crippen molar-refractivity contribution in [3.05, 3.63) is 71.5 Å². The summed E-state index contributed by atoms with van der Waals surface area (Å²) in [5.41, 5.74) is 4.53. The third-order valence-electron chi connectivity index (χ3n) is 4.56. The van der Waals surface area contributed by atoms with Gasteiger partial charge < -0.3 is 14.5 Å². The number of rotatable bonds is 5. The molecular weight excluding hydrogens is 319 g/mol. The SMILES string of the molecule is COC1Cc2ccc(NCc3ncc(-c4ccc(F)cc4)o3)cc2C1. The molecule has 25 heavy (non-hydrogen) atoms. The predicted octanol–water partition coefficient (Wildman–Crippen LogP) is 4.21. The van der Waals surface area contributed by atoms with E-state index in [-0.39, 0.29) is 11.9 Å². The van der Waals surface area contributed by atoms with Crippen LogP contribution < -0.4 is 5.32 Å². The number of nitrogens with one attached hydrogen (secondary N) is 1. The van der Waals surface area contributed by atoms with Gasteiger partial charge in [0.2, 0.25) is 5.89 Å². The molecule has 0 spiro atoms. The molecule has 1 atom stereocenters. The standard InChI is InChI=1S/C20H19FN2O2/c1-24-18-9-14-4-7-17(8-15(14)10-18)22-12-20-23-11-19(25-20)13-2-5-16(21)6-3-13/h2-8,11,18,22H,9-10,12H2,1H3. The van der Waals surface area contributed by atoms with Gasteiger partial charge in [-0.15, -0.1) is 0 Å². The molecule has 2 aromatic carbocycles. The second-order valence-electron chi connectivity index (χ2n) is 6.23. The summed E-state index contributed by atoms with van der Waals surface area (Å²) < 4.78 is 24.2. The molecule has 1 aliphatic rings. The van der Waals surface area contributed by atoms with Crippen LogP contribution in [0.3, 0.4) is 0 Å². The minimum absolute atomic E-state index is 0.266. The van der Waals surface area contributed by atoms with Gasteiger partial charge in [-0.1, -0.05) is 6.07 Å². The lowest BCUT2D eigenvalue weighted by molar-refractivity contribution is 0.112. The normalized spacial score (nSPS) is 16.0. The third-order valence-corrected chi connectivity index (χ3v) is 4.56. The van der Waals surface area contributed by atoms with Crippen molar-refractivity contribution in [2.75, 3.05) is 12.4 Å². The van der Waals surface area contributed by atoms with Crippen LogP contribution in [0.15, 0.2) is 53.1 Å². The second kappa shape index (κ2) is 6.69. The molecule has 4 rings (SSSR count). The zero-order valence-electron chi connectivity index (χ0n) is 14.0. The fraction of sp³-hybridized carbons (Fsp3) is 0.250. The van der Waals surface area contributed by atoms with Crippen molar-refractivity contribution >= 4 is 5.69 Å². The number of hydrogen-bond donors (Lipinski definition) is 1. The van der Waals surface area contributed by atoms with Crippen molar-refractivity contribution in [1.29, 1.82) is 0 Å². The largest absolute Gasteiger partial charge is 0.439 e. The number of nitrogens with zero attached hydrogens (tertiary/aromatic N) is 1. The Labute approximate surface area is 145 Å². The molecule has 0 bridgehead atoms. The van der Waals surface area contributed by atoms with E-state index in [1.54, 1.807) is 25.4 Å². The van der Waals surface area contributed by atoms with Crippen molar-refractivity contribution in [1.82, 2.24) is 4.98 Å². The number of aromatic nitrogens is 1.